The zero-order chi connectivity index (χ0) is 30.5. The van der Waals surface area contributed by atoms with E-state index < -0.39 is 16.1 Å². The summed E-state index contributed by atoms with van der Waals surface area (Å²) in [4.78, 5) is 28.9. The van der Waals surface area contributed by atoms with Gasteiger partial charge in [-0.05, 0) is 60.2 Å². The van der Waals surface area contributed by atoms with Crippen LogP contribution in [-0.2, 0) is 39.0 Å². The van der Waals surface area contributed by atoms with Gasteiger partial charge >= 0.3 is 0 Å². The standard InChI is InChI=1S/C33H42FN3O4S/c1-4-6-22-35-33(39)31(24-27-11-8-7-9-12-27)36(25-28-14-18-29(34)19-15-28)32(38)13-10-23-37(42(3,40)41)30-20-16-26(5-2)17-21-30/h7-9,11-12,14-21,31H,4-6,10,13,22-25H2,1-3H3,(H,35,39). The summed E-state index contributed by atoms with van der Waals surface area (Å²) in [5, 5.41) is 2.98. The zero-order valence-electron chi connectivity index (χ0n) is 24.8. The number of sulfonamides is 1. The molecule has 7 nitrogen and oxygen atoms in total. The molecule has 3 aromatic carbocycles. The van der Waals surface area contributed by atoms with Crippen molar-refractivity contribution in [1.82, 2.24) is 10.2 Å². The van der Waals surface area contributed by atoms with Crippen molar-refractivity contribution in [2.45, 2.75) is 65.0 Å². The normalized spacial score (nSPS) is 12.0. The molecule has 0 aliphatic carbocycles. The van der Waals surface area contributed by atoms with E-state index in [-0.39, 0.29) is 43.6 Å². The molecule has 3 rings (SSSR count). The Morgan fingerprint density at radius 1 is 0.857 bits per heavy atom. The molecule has 0 saturated heterocycles. The average Bonchev–Trinajstić information content (AvgIpc) is 2.98. The maximum Gasteiger partial charge on any atom is 0.243 e. The van der Waals surface area contributed by atoms with Gasteiger partial charge in [0.2, 0.25) is 21.8 Å². The van der Waals surface area contributed by atoms with Crippen LogP contribution >= 0.6 is 0 Å². The number of nitrogens with one attached hydrogen (secondary N) is 1. The van der Waals surface area contributed by atoms with Crippen molar-refractivity contribution in [3.05, 3.63) is 101 Å². The first-order valence-corrected chi connectivity index (χ1v) is 16.4. The molecule has 1 atom stereocenters. The van der Waals surface area contributed by atoms with Gasteiger partial charge in [0, 0.05) is 32.5 Å². The first-order valence-electron chi connectivity index (χ1n) is 14.5. The fourth-order valence-electron chi connectivity index (χ4n) is 4.75. The third-order valence-corrected chi connectivity index (χ3v) is 8.35. The Morgan fingerprint density at radius 2 is 1.50 bits per heavy atom. The van der Waals surface area contributed by atoms with E-state index in [1.54, 1.807) is 29.2 Å². The van der Waals surface area contributed by atoms with E-state index in [2.05, 4.69) is 5.32 Å². The van der Waals surface area contributed by atoms with Crippen LogP contribution in [-0.4, -0.2) is 50.5 Å². The van der Waals surface area contributed by atoms with Crippen LogP contribution in [0.5, 0.6) is 0 Å². The highest BCUT2D eigenvalue weighted by molar-refractivity contribution is 7.92. The van der Waals surface area contributed by atoms with Gasteiger partial charge in [0.15, 0.2) is 0 Å². The summed E-state index contributed by atoms with van der Waals surface area (Å²) in [5.74, 6) is -0.917. The van der Waals surface area contributed by atoms with E-state index in [0.29, 0.717) is 24.2 Å². The van der Waals surface area contributed by atoms with E-state index in [9.17, 15) is 22.4 Å². The zero-order valence-corrected chi connectivity index (χ0v) is 25.6. The number of hydrogen-bond donors (Lipinski definition) is 1. The molecular weight excluding hydrogens is 553 g/mol. The third-order valence-electron chi connectivity index (χ3n) is 7.15. The number of carbonyl (C=O) groups excluding carboxylic acids is 2. The molecule has 0 heterocycles. The van der Waals surface area contributed by atoms with E-state index in [1.807, 2.05) is 56.3 Å². The second-order valence-corrected chi connectivity index (χ2v) is 12.4. The lowest BCUT2D eigenvalue weighted by Crippen LogP contribution is -2.50. The lowest BCUT2D eigenvalue weighted by atomic mass is 10.0. The molecule has 0 aliphatic heterocycles. The Bertz CT molecular complexity index is 1380. The predicted octanol–water partition coefficient (Wildman–Crippen LogP) is 5.49. The summed E-state index contributed by atoms with van der Waals surface area (Å²) in [6.45, 7) is 4.80. The highest BCUT2D eigenvalue weighted by atomic mass is 32.2. The number of benzene rings is 3. The summed E-state index contributed by atoms with van der Waals surface area (Å²) in [6.07, 6.45) is 4.33. The molecule has 0 aromatic heterocycles. The fraction of sp³-hybridized carbons (Fsp3) is 0.394. The molecule has 9 heteroatoms. The molecule has 0 saturated carbocycles. The van der Waals surface area contributed by atoms with Crippen LogP contribution in [0.3, 0.4) is 0 Å². The molecule has 0 bridgehead atoms. The van der Waals surface area contributed by atoms with Gasteiger partial charge in [0.25, 0.3) is 0 Å². The number of nitrogens with zero attached hydrogens (tertiary/aromatic N) is 2. The summed E-state index contributed by atoms with van der Waals surface area (Å²) >= 11 is 0. The Kier molecular flexibility index (Phi) is 12.5. The van der Waals surface area contributed by atoms with Crippen LogP contribution in [0.1, 0.15) is 56.2 Å². The second kappa shape index (κ2) is 16.1. The summed E-state index contributed by atoms with van der Waals surface area (Å²) in [7, 11) is -3.58. The highest BCUT2D eigenvalue weighted by Gasteiger charge is 2.30. The average molecular weight is 596 g/mol. The molecule has 1 unspecified atom stereocenters. The first kappa shape index (κ1) is 32.8. The smallest absolute Gasteiger partial charge is 0.243 e. The number of halogens is 1. The minimum absolute atomic E-state index is 0.0355. The number of aryl methyl sites for hydroxylation is 1. The quantitative estimate of drug-likeness (QED) is 0.222. The van der Waals surface area contributed by atoms with E-state index in [0.717, 1.165) is 36.6 Å². The molecule has 3 aromatic rings. The number of rotatable bonds is 16. The summed E-state index contributed by atoms with van der Waals surface area (Å²) in [5.41, 5.74) is 3.24. The van der Waals surface area contributed by atoms with E-state index in [4.69, 9.17) is 0 Å². The van der Waals surface area contributed by atoms with Crippen molar-refractivity contribution < 1.29 is 22.4 Å². The lowest BCUT2D eigenvalue weighted by molar-refractivity contribution is -0.141. The van der Waals surface area contributed by atoms with Crippen LogP contribution in [0.4, 0.5) is 10.1 Å². The summed E-state index contributed by atoms with van der Waals surface area (Å²) in [6, 6.07) is 21.9. The number of anilines is 1. The Labute approximate surface area is 249 Å². The molecule has 0 radical (unpaired) electrons. The van der Waals surface area contributed by atoms with Crippen LogP contribution in [0.2, 0.25) is 0 Å². The van der Waals surface area contributed by atoms with Crippen molar-refractivity contribution in [1.29, 1.82) is 0 Å². The van der Waals surface area contributed by atoms with Crippen molar-refractivity contribution in [2.24, 2.45) is 0 Å². The molecular formula is C33H42FN3O4S. The van der Waals surface area contributed by atoms with Crippen molar-refractivity contribution in [2.75, 3.05) is 23.7 Å². The van der Waals surface area contributed by atoms with Crippen molar-refractivity contribution in [3.63, 3.8) is 0 Å². The van der Waals surface area contributed by atoms with Crippen LogP contribution < -0.4 is 9.62 Å². The molecule has 0 fully saturated rings. The minimum Gasteiger partial charge on any atom is -0.354 e. The number of unbranched alkanes of at least 4 members (excludes halogenated alkanes) is 1. The summed E-state index contributed by atoms with van der Waals surface area (Å²) < 4.78 is 40.2. The topological polar surface area (TPSA) is 86.8 Å². The van der Waals surface area contributed by atoms with E-state index >= 15 is 0 Å². The highest BCUT2D eigenvalue weighted by Crippen LogP contribution is 2.21. The molecule has 1 N–H and O–H groups in total. The minimum atomic E-state index is -3.58. The second-order valence-electron chi connectivity index (χ2n) is 10.5. The SMILES string of the molecule is CCCCNC(=O)C(Cc1ccccc1)N(Cc1ccc(F)cc1)C(=O)CCCN(c1ccc(CC)cc1)S(C)(=O)=O. The molecule has 0 spiro atoms. The van der Waals surface area contributed by atoms with Crippen LogP contribution in [0.25, 0.3) is 0 Å². The van der Waals surface area contributed by atoms with Gasteiger partial charge in [-0.25, -0.2) is 12.8 Å². The number of amides is 2. The van der Waals surface area contributed by atoms with Gasteiger partial charge in [-0.2, -0.15) is 0 Å². The maximum atomic E-state index is 13.8. The molecule has 226 valence electrons. The monoisotopic (exact) mass is 595 g/mol. The van der Waals surface area contributed by atoms with Gasteiger partial charge in [-0.1, -0.05) is 74.9 Å². The van der Waals surface area contributed by atoms with Crippen LogP contribution in [0, 0.1) is 5.82 Å². The van der Waals surface area contributed by atoms with Gasteiger partial charge in [0.05, 0.1) is 11.9 Å². The Balaban J connectivity index is 1.85. The maximum absolute atomic E-state index is 13.8. The van der Waals surface area contributed by atoms with Gasteiger partial charge in [0.1, 0.15) is 11.9 Å². The Morgan fingerprint density at radius 3 is 2.10 bits per heavy atom. The number of carbonyl (C=O) groups is 2. The molecule has 0 aliphatic rings. The van der Waals surface area contributed by atoms with Crippen molar-refractivity contribution >= 4 is 27.5 Å². The molecule has 42 heavy (non-hydrogen) atoms. The third kappa shape index (κ3) is 9.98. The van der Waals surface area contributed by atoms with Crippen LogP contribution in [0.15, 0.2) is 78.9 Å². The largest absolute Gasteiger partial charge is 0.354 e. The van der Waals surface area contributed by atoms with Gasteiger partial charge in [-0.15, -0.1) is 0 Å². The van der Waals surface area contributed by atoms with Gasteiger partial charge < -0.3 is 10.2 Å². The first-order chi connectivity index (χ1) is 20.1. The van der Waals surface area contributed by atoms with Gasteiger partial charge in [-0.3, -0.25) is 13.9 Å². The molecule has 2 amide bonds. The lowest BCUT2D eigenvalue weighted by Gasteiger charge is -2.32. The van der Waals surface area contributed by atoms with E-state index in [1.165, 1.54) is 16.4 Å². The van der Waals surface area contributed by atoms with Crippen molar-refractivity contribution in [3.8, 4) is 0 Å². The predicted molar refractivity (Wildman–Crippen MR) is 166 cm³/mol. The fourth-order valence-corrected chi connectivity index (χ4v) is 5.71. The number of hydrogen-bond acceptors (Lipinski definition) is 4. The Hall–Kier alpha value is -3.72.